The fraction of sp³-hybridized carbons (Fsp3) is 0.562. The molecule has 0 radical (unpaired) electrons. The van der Waals surface area contributed by atoms with E-state index < -0.39 is 16.6 Å². The topological polar surface area (TPSA) is 84.3 Å². The van der Waals surface area contributed by atoms with Crippen molar-refractivity contribution in [2.75, 3.05) is 13.1 Å². The van der Waals surface area contributed by atoms with Crippen LogP contribution in [0.1, 0.15) is 48.9 Å². The first-order chi connectivity index (χ1) is 11.1. The molecule has 2 N–H and O–H groups in total. The molecule has 0 saturated heterocycles. The van der Waals surface area contributed by atoms with Crippen LogP contribution in [0.15, 0.2) is 18.2 Å². The van der Waals surface area contributed by atoms with E-state index in [4.69, 9.17) is 0 Å². The van der Waals surface area contributed by atoms with E-state index in [0.29, 0.717) is 19.1 Å². The number of benzene rings is 1. The molecule has 1 aliphatic carbocycles. The van der Waals surface area contributed by atoms with Gasteiger partial charge in [-0.1, -0.05) is 25.7 Å². The van der Waals surface area contributed by atoms with Crippen molar-refractivity contribution >= 4 is 24.0 Å². The highest BCUT2D eigenvalue weighted by Gasteiger charge is 2.20. The minimum atomic E-state index is -0.682. The number of carbonyl (C=O) groups is 1. The van der Waals surface area contributed by atoms with Gasteiger partial charge < -0.3 is 10.6 Å². The van der Waals surface area contributed by atoms with Crippen LogP contribution in [-0.2, 0) is 0 Å². The molecule has 1 amide bonds. The second kappa shape index (κ2) is 10.2. The Morgan fingerprint density at radius 2 is 1.88 bits per heavy atom. The molecule has 0 aromatic heterocycles. The zero-order valence-corrected chi connectivity index (χ0v) is 14.2. The van der Waals surface area contributed by atoms with Gasteiger partial charge in [0.05, 0.1) is 4.92 Å². The molecule has 0 aliphatic heterocycles. The highest BCUT2D eigenvalue weighted by atomic mass is 35.5. The molecule has 134 valence electrons. The summed E-state index contributed by atoms with van der Waals surface area (Å²) in [6.07, 6.45) is 7.28. The first-order valence-electron chi connectivity index (χ1n) is 8.03. The molecule has 0 atom stereocenters. The highest BCUT2D eigenvalue weighted by molar-refractivity contribution is 5.98. The van der Waals surface area contributed by atoms with E-state index in [0.717, 1.165) is 31.0 Å². The van der Waals surface area contributed by atoms with E-state index in [1.54, 1.807) is 0 Å². The van der Waals surface area contributed by atoms with Crippen molar-refractivity contribution in [2.45, 2.75) is 44.6 Å². The van der Waals surface area contributed by atoms with Gasteiger partial charge in [0, 0.05) is 25.2 Å². The van der Waals surface area contributed by atoms with Gasteiger partial charge >= 0.3 is 0 Å². The monoisotopic (exact) mass is 359 g/mol. The number of halogens is 2. The van der Waals surface area contributed by atoms with Crippen molar-refractivity contribution in [3.8, 4) is 0 Å². The second-order valence-corrected chi connectivity index (χ2v) is 5.82. The van der Waals surface area contributed by atoms with Crippen molar-refractivity contribution < 1.29 is 14.1 Å². The molecular weight excluding hydrogens is 337 g/mol. The zero-order valence-electron chi connectivity index (χ0n) is 13.4. The third kappa shape index (κ3) is 6.05. The highest BCUT2D eigenvalue weighted by Crippen LogP contribution is 2.19. The van der Waals surface area contributed by atoms with Crippen LogP contribution < -0.4 is 10.6 Å². The lowest BCUT2D eigenvalue weighted by Crippen LogP contribution is -2.37. The van der Waals surface area contributed by atoms with Crippen molar-refractivity contribution in [3.05, 3.63) is 39.7 Å². The zero-order chi connectivity index (χ0) is 16.7. The summed E-state index contributed by atoms with van der Waals surface area (Å²) >= 11 is 0. The number of nitrogens with one attached hydrogen (secondary N) is 2. The van der Waals surface area contributed by atoms with Crippen LogP contribution in [0.2, 0.25) is 0 Å². The first kappa shape index (κ1) is 20.3. The number of amides is 1. The van der Waals surface area contributed by atoms with Gasteiger partial charge in [-0.2, -0.15) is 0 Å². The maximum atomic E-state index is 13.2. The molecular formula is C16H23ClFN3O3. The van der Waals surface area contributed by atoms with E-state index >= 15 is 0 Å². The van der Waals surface area contributed by atoms with Crippen molar-refractivity contribution in [3.63, 3.8) is 0 Å². The SMILES string of the molecule is Cl.O=C(NCCNC1CCCCCC1)c1cc(F)ccc1[N+](=O)[O-]. The molecule has 2 rings (SSSR count). The Labute approximate surface area is 146 Å². The van der Waals surface area contributed by atoms with Gasteiger partial charge in [-0.15, -0.1) is 12.4 Å². The van der Waals surface area contributed by atoms with E-state index in [1.807, 2.05) is 0 Å². The molecule has 6 nitrogen and oxygen atoms in total. The number of rotatable bonds is 6. The summed E-state index contributed by atoms with van der Waals surface area (Å²) in [5.74, 6) is -1.30. The van der Waals surface area contributed by atoms with Crippen LogP contribution in [0.4, 0.5) is 10.1 Å². The van der Waals surface area contributed by atoms with Crippen LogP contribution in [0.3, 0.4) is 0 Å². The Bertz CT molecular complexity index is 563. The Hall–Kier alpha value is -1.73. The van der Waals surface area contributed by atoms with E-state index in [2.05, 4.69) is 10.6 Å². The summed E-state index contributed by atoms with van der Waals surface area (Å²) in [5.41, 5.74) is -0.634. The van der Waals surface area contributed by atoms with Gasteiger partial charge in [0.1, 0.15) is 11.4 Å². The number of nitro groups is 1. The van der Waals surface area contributed by atoms with Crippen molar-refractivity contribution in [1.82, 2.24) is 10.6 Å². The average Bonchev–Trinajstić information content (AvgIpc) is 2.79. The largest absolute Gasteiger partial charge is 0.351 e. The molecule has 0 bridgehead atoms. The van der Waals surface area contributed by atoms with Crippen LogP contribution in [0, 0.1) is 15.9 Å². The normalized spacial score (nSPS) is 15.2. The molecule has 1 aliphatic rings. The van der Waals surface area contributed by atoms with E-state index in [-0.39, 0.29) is 23.7 Å². The molecule has 1 aromatic rings. The predicted octanol–water partition coefficient (Wildman–Crippen LogP) is 3.20. The molecule has 0 heterocycles. The fourth-order valence-electron chi connectivity index (χ4n) is 2.88. The standard InChI is InChI=1S/C16H22FN3O3.ClH/c17-12-7-8-15(20(22)23)14(11-12)16(21)19-10-9-18-13-5-3-1-2-4-6-13;/h7-8,11,13,18H,1-6,9-10H2,(H,19,21);1H. The van der Waals surface area contributed by atoms with Gasteiger partial charge in [-0.25, -0.2) is 4.39 Å². The van der Waals surface area contributed by atoms with Gasteiger partial charge in [0.2, 0.25) is 0 Å². The number of hydrogen-bond donors (Lipinski definition) is 2. The Kier molecular flexibility index (Phi) is 8.63. The lowest BCUT2D eigenvalue weighted by Gasteiger charge is -2.16. The van der Waals surface area contributed by atoms with E-state index in [9.17, 15) is 19.3 Å². The average molecular weight is 360 g/mol. The Balaban J connectivity index is 0.00000288. The van der Waals surface area contributed by atoms with Crippen LogP contribution >= 0.6 is 12.4 Å². The minimum absolute atomic E-state index is 0. The number of carbonyl (C=O) groups excluding carboxylic acids is 1. The molecule has 1 saturated carbocycles. The Morgan fingerprint density at radius 1 is 1.21 bits per heavy atom. The molecule has 0 unspecified atom stereocenters. The van der Waals surface area contributed by atoms with Crippen LogP contribution in [0.25, 0.3) is 0 Å². The van der Waals surface area contributed by atoms with Crippen molar-refractivity contribution in [1.29, 1.82) is 0 Å². The third-order valence-corrected chi connectivity index (χ3v) is 4.10. The Morgan fingerprint density at radius 3 is 2.50 bits per heavy atom. The maximum absolute atomic E-state index is 13.2. The molecule has 8 heteroatoms. The number of nitro benzene ring substituents is 1. The van der Waals surface area contributed by atoms with Gasteiger partial charge in [-0.05, 0) is 25.0 Å². The maximum Gasteiger partial charge on any atom is 0.282 e. The lowest BCUT2D eigenvalue weighted by atomic mass is 10.1. The minimum Gasteiger partial charge on any atom is -0.351 e. The fourth-order valence-corrected chi connectivity index (χ4v) is 2.88. The van der Waals surface area contributed by atoms with Gasteiger partial charge in [0.15, 0.2) is 0 Å². The van der Waals surface area contributed by atoms with Crippen LogP contribution in [-0.4, -0.2) is 30.0 Å². The smallest absolute Gasteiger partial charge is 0.282 e. The summed E-state index contributed by atoms with van der Waals surface area (Å²) in [7, 11) is 0. The van der Waals surface area contributed by atoms with Crippen molar-refractivity contribution in [2.24, 2.45) is 0 Å². The van der Waals surface area contributed by atoms with Gasteiger partial charge in [0.25, 0.3) is 11.6 Å². The summed E-state index contributed by atoms with van der Waals surface area (Å²) in [4.78, 5) is 22.2. The quantitative estimate of drug-likeness (QED) is 0.353. The lowest BCUT2D eigenvalue weighted by molar-refractivity contribution is -0.385. The van der Waals surface area contributed by atoms with Gasteiger partial charge in [-0.3, -0.25) is 14.9 Å². The second-order valence-electron chi connectivity index (χ2n) is 5.82. The number of nitrogens with zero attached hydrogens (tertiary/aromatic N) is 1. The predicted molar refractivity (Wildman–Crippen MR) is 92.1 cm³/mol. The summed E-state index contributed by atoms with van der Waals surface area (Å²) in [6.45, 7) is 0.947. The third-order valence-electron chi connectivity index (χ3n) is 4.10. The summed E-state index contributed by atoms with van der Waals surface area (Å²) < 4.78 is 13.2. The molecule has 0 spiro atoms. The molecule has 1 fully saturated rings. The molecule has 1 aromatic carbocycles. The van der Waals surface area contributed by atoms with Crippen LogP contribution in [0.5, 0.6) is 0 Å². The summed E-state index contributed by atoms with van der Waals surface area (Å²) in [6, 6.07) is 3.35. The summed E-state index contributed by atoms with van der Waals surface area (Å²) in [5, 5.41) is 16.9. The first-order valence-corrected chi connectivity index (χ1v) is 8.03. The molecule has 24 heavy (non-hydrogen) atoms. The van der Waals surface area contributed by atoms with E-state index in [1.165, 1.54) is 25.7 Å². The number of hydrogen-bond acceptors (Lipinski definition) is 4.